The summed E-state index contributed by atoms with van der Waals surface area (Å²) in [6, 6.07) is 8.89. The standard InChI is InChI=1S/C18H22O7S2/c1-12-3-7-17(26(20,21)22)14(9-12)5-6-16(19)11-15-10-13(2)4-8-18(15)27(23,24)25/h3-4,7-10,16,19H,5-6,11H2,1-2H3,(H,20,21,22)(H,23,24,25)/t16-/m0/s1. The molecular formula is C18H22O7S2. The lowest BCUT2D eigenvalue weighted by molar-refractivity contribution is 0.164. The number of rotatable bonds is 7. The van der Waals surface area contributed by atoms with Gasteiger partial charge in [0.15, 0.2) is 0 Å². The van der Waals surface area contributed by atoms with Crippen LogP contribution in [-0.2, 0) is 33.1 Å². The molecule has 0 heterocycles. The SMILES string of the molecule is Cc1ccc(S(=O)(=O)O)c(CC[C@H](O)Cc2cc(C)ccc2S(=O)(=O)O)c1. The molecule has 0 unspecified atom stereocenters. The van der Waals surface area contributed by atoms with Crippen LogP contribution in [0.4, 0.5) is 0 Å². The van der Waals surface area contributed by atoms with Crippen LogP contribution >= 0.6 is 0 Å². The maximum atomic E-state index is 11.5. The number of hydrogen-bond acceptors (Lipinski definition) is 5. The van der Waals surface area contributed by atoms with E-state index in [1.807, 2.05) is 0 Å². The highest BCUT2D eigenvalue weighted by molar-refractivity contribution is 7.86. The Labute approximate surface area is 159 Å². The summed E-state index contributed by atoms with van der Waals surface area (Å²) in [5.41, 5.74) is 2.23. The summed E-state index contributed by atoms with van der Waals surface area (Å²) < 4.78 is 64.6. The number of benzene rings is 2. The Morgan fingerprint density at radius 3 is 1.74 bits per heavy atom. The van der Waals surface area contributed by atoms with Crippen molar-refractivity contribution in [2.75, 3.05) is 0 Å². The molecule has 27 heavy (non-hydrogen) atoms. The second-order valence-electron chi connectivity index (χ2n) is 6.57. The van der Waals surface area contributed by atoms with Gasteiger partial charge in [0.2, 0.25) is 0 Å². The zero-order valence-corrected chi connectivity index (χ0v) is 16.6. The van der Waals surface area contributed by atoms with E-state index in [-0.39, 0.29) is 34.6 Å². The minimum Gasteiger partial charge on any atom is -0.393 e. The number of hydrogen-bond donors (Lipinski definition) is 3. The van der Waals surface area contributed by atoms with Crippen molar-refractivity contribution >= 4 is 20.2 Å². The van der Waals surface area contributed by atoms with Crippen molar-refractivity contribution in [2.24, 2.45) is 0 Å². The first kappa shape index (κ1) is 21.5. The molecule has 0 bridgehead atoms. The largest absolute Gasteiger partial charge is 0.393 e. The molecule has 0 aromatic heterocycles. The Bertz CT molecular complexity index is 1040. The molecule has 0 amide bonds. The van der Waals surface area contributed by atoms with E-state index >= 15 is 0 Å². The van der Waals surface area contributed by atoms with E-state index in [1.54, 1.807) is 38.1 Å². The number of aliphatic hydroxyl groups is 1. The van der Waals surface area contributed by atoms with Crippen molar-refractivity contribution < 1.29 is 31.0 Å². The van der Waals surface area contributed by atoms with Crippen LogP contribution in [0.5, 0.6) is 0 Å². The number of aryl methyl sites for hydroxylation is 3. The molecule has 0 fully saturated rings. The third-order valence-electron chi connectivity index (χ3n) is 4.19. The Morgan fingerprint density at radius 2 is 1.26 bits per heavy atom. The van der Waals surface area contributed by atoms with E-state index in [4.69, 9.17) is 0 Å². The van der Waals surface area contributed by atoms with Crippen LogP contribution in [0.2, 0.25) is 0 Å². The Morgan fingerprint density at radius 1 is 0.815 bits per heavy atom. The molecule has 0 radical (unpaired) electrons. The zero-order valence-electron chi connectivity index (χ0n) is 15.0. The van der Waals surface area contributed by atoms with Gasteiger partial charge in [-0.05, 0) is 56.4 Å². The molecule has 0 aliphatic heterocycles. The van der Waals surface area contributed by atoms with Crippen molar-refractivity contribution in [2.45, 2.75) is 49.0 Å². The van der Waals surface area contributed by atoms with E-state index in [2.05, 4.69) is 0 Å². The van der Waals surface area contributed by atoms with Crippen LogP contribution < -0.4 is 0 Å². The van der Waals surface area contributed by atoms with Gasteiger partial charge in [-0.2, -0.15) is 16.8 Å². The van der Waals surface area contributed by atoms with Crippen LogP contribution in [-0.4, -0.2) is 37.2 Å². The molecule has 2 aromatic rings. The third kappa shape index (κ3) is 5.85. The highest BCUT2D eigenvalue weighted by atomic mass is 32.2. The van der Waals surface area contributed by atoms with Gasteiger partial charge in [-0.1, -0.05) is 35.4 Å². The fourth-order valence-electron chi connectivity index (χ4n) is 2.95. The van der Waals surface area contributed by atoms with Crippen molar-refractivity contribution in [1.82, 2.24) is 0 Å². The quantitative estimate of drug-likeness (QED) is 0.593. The van der Waals surface area contributed by atoms with Crippen LogP contribution in [0.15, 0.2) is 46.2 Å². The van der Waals surface area contributed by atoms with E-state index in [0.29, 0.717) is 5.56 Å². The van der Waals surface area contributed by atoms with Crippen molar-refractivity contribution in [3.8, 4) is 0 Å². The summed E-state index contributed by atoms with van der Waals surface area (Å²) in [4.78, 5) is -0.476. The monoisotopic (exact) mass is 414 g/mol. The first-order valence-corrected chi connectivity index (χ1v) is 11.1. The minimum atomic E-state index is -4.42. The smallest absolute Gasteiger partial charge is 0.294 e. The summed E-state index contributed by atoms with van der Waals surface area (Å²) in [7, 11) is -8.80. The molecule has 148 valence electrons. The van der Waals surface area contributed by atoms with E-state index in [9.17, 15) is 31.0 Å². The maximum Gasteiger partial charge on any atom is 0.294 e. The van der Waals surface area contributed by atoms with E-state index < -0.39 is 26.3 Å². The molecule has 0 saturated heterocycles. The van der Waals surface area contributed by atoms with Gasteiger partial charge in [0.05, 0.1) is 15.9 Å². The average molecular weight is 415 g/mol. The first-order valence-electron chi connectivity index (χ1n) is 8.20. The lowest BCUT2D eigenvalue weighted by Gasteiger charge is -2.15. The Balaban J connectivity index is 2.21. The molecular weight excluding hydrogens is 392 g/mol. The fraction of sp³-hybridized carbons (Fsp3) is 0.333. The van der Waals surface area contributed by atoms with E-state index in [0.717, 1.165) is 11.1 Å². The average Bonchev–Trinajstić information content (AvgIpc) is 2.50. The molecule has 0 saturated carbocycles. The third-order valence-corrected chi connectivity index (χ3v) is 6.10. The lowest BCUT2D eigenvalue weighted by Crippen LogP contribution is -2.15. The predicted octanol–water partition coefficient (Wildman–Crippen LogP) is 2.33. The maximum absolute atomic E-state index is 11.5. The highest BCUT2D eigenvalue weighted by Crippen LogP contribution is 2.22. The van der Waals surface area contributed by atoms with E-state index in [1.165, 1.54) is 12.1 Å². The van der Waals surface area contributed by atoms with Crippen molar-refractivity contribution in [3.63, 3.8) is 0 Å². The summed E-state index contributed by atoms with van der Waals surface area (Å²) >= 11 is 0. The normalized spacial score (nSPS) is 13.5. The zero-order chi connectivity index (χ0) is 20.4. The Kier molecular flexibility index (Phi) is 6.43. The van der Waals surface area contributed by atoms with Gasteiger partial charge < -0.3 is 5.11 Å². The molecule has 1 atom stereocenters. The second kappa shape index (κ2) is 8.07. The molecule has 0 aliphatic rings. The summed E-state index contributed by atoms with van der Waals surface area (Å²) in [6.45, 7) is 3.54. The van der Waals surface area contributed by atoms with Gasteiger partial charge in [-0.15, -0.1) is 0 Å². The van der Waals surface area contributed by atoms with Crippen LogP contribution in [0, 0.1) is 13.8 Å². The van der Waals surface area contributed by atoms with Crippen molar-refractivity contribution in [1.29, 1.82) is 0 Å². The molecule has 9 heteroatoms. The summed E-state index contributed by atoms with van der Waals surface area (Å²) in [5, 5.41) is 10.3. The van der Waals surface area contributed by atoms with Gasteiger partial charge in [0.1, 0.15) is 0 Å². The predicted molar refractivity (Wildman–Crippen MR) is 100 cm³/mol. The van der Waals surface area contributed by atoms with Gasteiger partial charge in [-0.25, -0.2) is 0 Å². The van der Waals surface area contributed by atoms with Gasteiger partial charge in [0, 0.05) is 0 Å². The van der Waals surface area contributed by atoms with Gasteiger partial charge in [-0.3, -0.25) is 9.11 Å². The summed E-state index contributed by atoms with van der Waals surface area (Å²) in [6.07, 6.45) is -0.679. The molecule has 7 nitrogen and oxygen atoms in total. The minimum absolute atomic E-state index is 0.0240. The molecule has 2 rings (SSSR count). The van der Waals surface area contributed by atoms with Gasteiger partial charge in [0.25, 0.3) is 20.2 Å². The number of aliphatic hydroxyl groups excluding tert-OH is 1. The first-order chi connectivity index (χ1) is 12.4. The van der Waals surface area contributed by atoms with Crippen LogP contribution in [0.1, 0.15) is 28.7 Å². The second-order valence-corrected chi connectivity index (χ2v) is 9.35. The van der Waals surface area contributed by atoms with Crippen LogP contribution in [0.3, 0.4) is 0 Å². The lowest BCUT2D eigenvalue weighted by atomic mass is 9.99. The highest BCUT2D eigenvalue weighted by Gasteiger charge is 2.20. The molecule has 3 N–H and O–H groups in total. The molecule has 0 spiro atoms. The topological polar surface area (TPSA) is 129 Å². The Hall–Kier alpha value is -1.78. The molecule has 0 aliphatic carbocycles. The fourth-order valence-corrected chi connectivity index (χ4v) is 4.40. The van der Waals surface area contributed by atoms with Crippen LogP contribution in [0.25, 0.3) is 0 Å². The van der Waals surface area contributed by atoms with Crippen molar-refractivity contribution in [3.05, 3.63) is 58.7 Å². The molecule has 2 aromatic carbocycles. The van der Waals surface area contributed by atoms with Gasteiger partial charge >= 0.3 is 0 Å². The summed E-state index contributed by atoms with van der Waals surface area (Å²) in [5.74, 6) is 0.